The van der Waals surface area contributed by atoms with Crippen LogP contribution in [0.1, 0.15) is 23.6 Å². The fraction of sp³-hybridized carbons (Fsp3) is 0.300. The first-order valence-electron chi connectivity index (χ1n) is 8.45. The van der Waals surface area contributed by atoms with E-state index in [-0.39, 0.29) is 0 Å². The van der Waals surface area contributed by atoms with Crippen LogP contribution in [0.3, 0.4) is 0 Å². The van der Waals surface area contributed by atoms with Crippen molar-refractivity contribution in [3.63, 3.8) is 0 Å². The van der Waals surface area contributed by atoms with Crippen LogP contribution in [-0.2, 0) is 6.54 Å². The van der Waals surface area contributed by atoms with Crippen molar-refractivity contribution in [3.8, 4) is 11.6 Å². The maximum atomic E-state index is 5.87. The Labute approximate surface area is 149 Å². The van der Waals surface area contributed by atoms with Gasteiger partial charge in [0.25, 0.3) is 0 Å². The normalized spacial score (nSPS) is 11.1. The minimum atomic E-state index is 0.540. The van der Waals surface area contributed by atoms with Crippen LogP contribution >= 0.6 is 0 Å². The van der Waals surface area contributed by atoms with Gasteiger partial charge < -0.3 is 15.4 Å². The first-order valence-corrected chi connectivity index (χ1v) is 8.45. The minimum Gasteiger partial charge on any atom is -0.439 e. The van der Waals surface area contributed by atoms with Crippen LogP contribution in [0.2, 0.25) is 0 Å². The van der Waals surface area contributed by atoms with Gasteiger partial charge in [0.05, 0.1) is 6.54 Å². The molecule has 0 radical (unpaired) electrons. The zero-order chi connectivity index (χ0) is 18.1. The predicted molar refractivity (Wildman–Crippen MR) is 103 cm³/mol. The van der Waals surface area contributed by atoms with Crippen LogP contribution in [0.25, 0.3) is 0 Å². The average molecular weight is 338 g/mol. The molecule has 2 aromatic rings. The molecule has 0 atom stereocenters. The van der Waals surface area contributed by atoms with Gasteiger partial charge in [-0.15, -0.1) is 6.58 Å². The number of hydrogen-bond acceptors (Lipinski definition) is 3. The van der Waals surface area contributed by atoms with Crippen LogP contribution in [-0.4, -0.2) is 24.0 Å². The van der Waals surface area contributed by atoms with Crippen molar-refractivity contribution in [3.05, 3.63) is 65.9 Å². The van der Waals surface area contributed by atoms with Crippen LogP contribution in [0, 0.1) is 13.8 Å². The van der Waals surface area contributed by atoms with Crippen molar-refractivity contribution in [1.29, 1.82) is 0 Å². The molecule has 132 valence electrons. The number of guanidine groups is 1. The van der Waals surface area contributed by atoms with Gasteiger partial charge in [-0.25, -0.2) is 9.98 Å². The number of rotatable bonds is 7. The number of nitrogens with one attached hydrogen (secondary N) is 2. The highest BCUT2D eigenvalue weighted by Crippen LogP contribution is 2.22. The smallest absolute Gasteiger partial charge is 0.219 e. The summed E-state index contributed by atoms with van der Waals surface area (Å²) < 4.78 is 5.87. The SMILES string of the molecule is C=CCNC(=NCc1ccnc(Oc2ccc(C)c(C)c2)c1)NCC. The largest absolute Gasteiger partial charge is 0.439 e. The van der Waals surface area contributed by atoms with E-state index in [9.17, 15) is 0 Å². The molecule has 0 spiro atoms. The third-order valence-electron chi connectivity index (χ3n) is 3.68. The van der Waals surface area contributed by atoms with Crippen LogP contribution in [0.5, 0.6) is 11.6 Å². The minimum absolute atomic E-state index is 0.540. The monoisotopic (exact) mass is 338 g/mol. The number of aromatic nitrogens is 1. The summed E-state index contributed by atoms with van der Waals surface area (Å²) >= 11 is 0. The average Bonchev–Trinajstić information content (AvgIpc) is 2.61. The number of benzene rings is 1. The Morgan fingerprint density at radius 3 is 2.76 bits per heavy atom. The molecule has 1 heterocycles. The Balaban J connectivity index is 2.06. The Morgan fingerprint density at radius 1 is 1.20 bits per heavy atom. The molecular weight excluding hydrogens is 312 g/mol. The molecule has 0 saturated heterocycles. The third kappa shape index (κ3) is 5.95. The molecule has 0 bridgehead atoms. The van der Waals surface area contributed by atoms with Crippen molar-refractivity contribution in [2.75, 3.05) is 13.1 Å². The molecule has 0 aliphatic rings. The number of ether oxygens (including phenoxy) is 1. The van der Waals surface area contributed by atoms with Gasteiger partial charge in [-0.05, 0) is 55.7 Å². The van der Waals surface area contributed by atoms with Crippen molar-refractivity contribution in [1.82, 2.24) is 15.6 Å². The van der Waals surface area contributed by atoms with E-state index in [1.54, 1.807) is 12.3 Å². The van der Waals surface area contributed by atoms with Gasteiger partial charge in [0.15, 0.2) is 5.96 Å². The first-order chi connectivity index (χ1) is 12.1. The first kappa shape index (κ1) is 18.5. The summed E-state index contributed by atoms with van der Waals surface area (Å²) in [5.41, 5.74) is 3.47. The standard InChI is InChI=1S/C20H26N4O/c1-5-10-23-20(21-6-2)24-14-17-9-11-22-19(13-17)25-18-8-7-15(3)16(4)12-18/h5,7-9,11-13H,1,6,10,14H2,2-4H3,(H2,21,23,24). The van der Waals surface area contributed by atoms with Crippen LogP contribution in [0.15, 0.2) is 54.2 Å². The van der Waals surface area contributed by atoms with Crippen LogP contribution in [0.4, 0.5) is 0 Å². The van der Waals surface area contributed by atoms with Gasteiger partial charge in [-0.1, -0.05) is 12.1 Å². The molecule has 0 unspecified atom stereocenters. The maximum Gasteiger partial charge on any atom is 0.219 e. The highest BCUT2D eigenvalue weighted by atomic mass is 16.5. The molecule has 1 aromatic heterocycles. The predicted octanol–water partition coefficient (Wildman–Crippen LogP) is 3.73. The summed E-state index contributed by atoms with van der Waals surface area (Å²) in [4.78, 5) is 8.84. The highest BCUT2D eigenvalue weighted by Gasteiger charge is 2.03. The molecule has 5 heteroatoms. The van der Waals surface area contributed by atoms with Gasteiger partial charge in [0.2, 0.25) is 5.88 Å². The summed E-state index contributed by atoms with van der Waals surface area (Å²) in [6.45, 7) is 11.9. The number of nitrogens with zero attached hydrogens (tertiary/aromatic N) is 2. The number of pyridine rings is 1. The second-order valence-electron chi connectivity index (χ2n) is 5.72. The third-order valence-corrected chi connectivity index (χ3v) is 3.68. The topological polar surface area (TPSA) is 58.5 Å². The second kappa shape index (κ2) is 9.47. The lowest BCUT2D eigenvalue weighted by atomic mass is 10.1. The van der Waals surface area contributed by atoms with Crippen molar-refractivity contribution < 1.29 is 4.74 Å². The van der Waals surface area contributed by atoms with E-state index >= 15 is 0 Å². The number of hydrogen-bond donors (Lipinski definition) is 2. The van der Waals surface area contributed by atoms with Gasteiger partial charge in [0, 0.05) is 25.4 Å². The molecule has 5 nitrogen and oxygen atoms in total. The highest BCUT2D eigenvalue weighted by molar-refractivity contribution is 5.79. The summed E-state index contributed by atoms with van der Waals surface area (Å²) in [5.74, 6) is 2.12. The Kier molecular flexibility index (Phi) is 7.01. The van der Waals surface area contributed by atoms with Gasteiger partial charge in [-0.3, -0.25) is 0 Å². The van der Waals surface area contributed by atoms with Crippen molar-refractivity contribution >= 4 is 5.96 Å². The van der Waals surface area contributed by atoms with E-state index in [0.29, 0.717) is 19.0 Å². The zero-order valence-electron chi connectivity index (χ0n) is 15.2. The summed E-state index contributed by atoms with van der Waals surface area (Å²) in [6.07, 6.45) is 3.54. The lowest BCUT2D eigenvalue weighted by molar-refractivity contribution is 0.461. The maximum absolute atomic E-state index is 5.87. The lowest BCUT2D eigenvalue weighted by Crippen LogP contribution is -2.37. The number of aliphatic imine (C=N–C) groups is 1. The molecule has 25 heavy (non-hydrogen) atoms. The number of aryl methyl sites for hydroxylation is 2. The molecule has 0 aliphatic carbocycles. The molecule has 0 fully saturated rings. The van der Waals surface area contributed by atoms with Gasteiger partial charge in [-0.2, -0.15) is 0 Å². The van der Waals surface area contributed by atoms with E-state index in [4.69, 9.17) is 4.74 Å². The molecule has 0 aliphatic heterocycles. The van der Waals surface area contributed by atoms with Crippen molar-refractivity contribution in [2.45, 2.75) is 27.3 Å². The van der Waals surface area contributed by atoms with E-state index in [2.05, 4.69) is 41.0 Å². The molecule has 0 amide bonds. The lowest BCUT2D eigenvalue weighted by Gasteiger charge is -2.10. The molecule has 2 N–H and O–H groups in total. The fourth-order valence-corrected chi connectivity index (χ4v) is 2.18. The molecule has 1 aromatic carbocycles. The van der Waals surface area contributed by atoms with Crippen molar-refractivity contribution in [2.24, 2.45) is 4.99 Å². The molecule has 2 rings (SSSR count). The Hall–Kier alpha value is -2.82. The fourth-order valence-electron chi connectivity index (χ4n) is 2.18. The summed E-state index contributed by atoms with van der Waals surface area (Å²) in [7, 11) is 0. The second-order valence-corrected chi connectivity index (χ2v) is 5.72. The molecular formula is C20H26N4O. The van der Waals surface area contributed by atoms with E-state index in [1.165, 1.54) is 11.1 Å². The van der Waals surface area contributed by atoms with E-state index in [1.807, 2.05) is 37.3 Å². The summed E-state index contributed by atoms with van der Waals surface area (Å²) in [5, 5.41) is 6.38. The van der Waals surface area contributed by atoms with E-state index in [0.717, 1.165) is 23.8 Å². The van der Waals surface area contributed by atoms with E-state index < -0.39 is 0 Å². The Bertz CT molecular complexity index is 740. The van der Waals surface area contributed by atoms with Gasteiger partial charge >= 0.3 is 0 Å². The summed E-state index contributed by atoms with van der Waals surface area (Å²) in [6, 6.07) is 9.87. The zero-order valence-corrected chi connectivity index (χ0v) is 15.2. The quantitative estimate of drug-likeness (QED) is 0.459. The van der Waals surface area contributed by atoms with Crippen LogP contribution < -0.4 is 15.4 Å². The molecule has 0 saturated carbocycles. The Morgan fingerprint density at radius 2 is 2.04 bits per heavy atom. The van der Waals surface area contributed by atoms with Gasteiger partial charge in [0.1, 0.15) is 5.75 Å².